The van der Waals surface area contributed by atoms with Crippen LogP contribution in [0.3, 0.4) is 0 Å². The van der Waals surface area contributed by atoms with E-state index >= 15 is 0 Å². The van der Waals surface area contributed by atoms with Crippen LogP contribution >= 0.6 is 0 Å². The van der Waals surface area contributed by atoms with Crippen molar-refractivity contribution in [3.8, 4) is 0 Å². The van der Waals surface area contributed by atoms with Crippen LogP contribution in [0.1, 0.15) is 21.6 Å². The number of hydrogen-bond acceptors (Lipinski definition) is 4. The Kier molecular flexibility index (Phi) is 3.66. The molecule has 0 saturated heterocycles. The Balaban J connectivity index is 2.06. The number of benzene rings is 1. The smallest absolute Gasteiger partial charge is 0.335 e. The van der Waals surface area contributed by atoms with Gasteiger partial charge in [-0.3, -0.25) is 0 Å². The quantitative estimate of drug-likeness (QED) is 0.782. The van der Waals surface area contributed by atoms with Crippen LogP contribution in [-0.2, 0) is 6.54 Å². The van der Waals surface area contributed by atoms with Gasteiger partial charge in [-0.15, -0.1) is 0 Å². The predicted molar refractivity (Wildman–Crippen MR) is 74.1 cm³/mol. The predicted octanol–water partition coefficient (Wildman–Crippen LogP) is 2.28. The second-order valence-electron chi connectivity index (χ2n) is 4.25. The Hall–Kier alpha value is -2.56. The van der Waals surface area contributed by atoms with Gasteiger partial charge in [0.1, 0.15) is 5.82 Å². The summed E-state index contributed by atoms with van der Waals surface area (Å²) in [5.41, 5.74) is 8.53. The molecule has 1 aromatic heterocycles. The van der Waals surface area contributed by atoms with Crippen molar-refractivity contribution in [2.24, 2.45) is 0 Å². The SMILES string of the molecule is Cc1ccc(N)c(NCc2ccc(C(=O)O)cc2)n1. The summed E-state index contributed by atoms with van der Waals surface area (Å²) in [6, 6.07) is 10.3. The topological polar surface area (TPSA) is 88.2 Å². The number of carboxylic acid groups (broad SMARTS) is 1. The third kappa shape index (κ3) is 3.22. The minimum Gasteiger partial charge on any atom is -0.478 e. The van der Waals surface area contributed by atoms with Crippen LogP contribution < -0.4 is 11.1 Å². The second kappa shape index (κ2) is 5.39. The molecular formula is C14H15N3O2. The van der Waals surface area contributed by atoms with E-state index in [1.54, 1.807) is 30.3 Å². The molecule has 0 aliphatic carbocycles. The molecule has 0 fully saturated rings. The van der Waals surface area contributed by atoms with E-state index < -0.39 is 5.97 Å². The van der Waals surface area contributed by atoms with Gasteiger partial charge in [-0.1, -0.05) is 12.1 Å². The van der Waals surface area contributed by atoms with Gasteiger partial charge < -0.3 is 16.2 Å². The summed E-state index contributed by atoms with van der Waals surface area (Å²) in [5.74, 6) is -0.286. The van der Waals surface area contributed by atoms with Crippen LogP contribution in [0, 0.1) is 6.92 Å². The molecule has 0 aliphatic heterocycles. The van der Waals surface area contributed by atoms with Gasteiger partial charge in [0.15, 0.2) is 0 Å². The molecule has 2 rings (SSSR count). The number of aromatic nitrogens is 1. The van der Waals surface area contributed by atoms with Crippen molar-refractivity contribution < 1.29 is 9.90 Å². The Labute approximate surface area is 111 Å². The monoisotopic (exact) mass is 257 g/mol. The van der Waals surface area contributed by atoms with Crippen LogP contribution in [0.4, 0.5) is 11.5 Å². The first kappa shape index (κ1) is 12.9. The van der Waals surface area contributed by atoms with Gasteiger partial charge in [-0.25, -0.2) is 9.78 Å². The van der Waals surface area contributed by atoms with Crippen LogP contribution in [0.15, 0.2) is 36.4 Å². The van der Waals surface area contributed by atoms with Crippen LogP contribution in [-0.4, -0.2) is 16.1 Å². The van der Waals surface area contributed by atoms with E-state index in [1.807, 2.05) is 13.0 Å². The first-order chi connectivity index (χ1) is 9.06. The minimum atomic E-state index is -0.927. The molecule has 5 nitrogen and oxygen atoms in total. The fourth-order valence-corrected chi connectivity index (χ4v) is 1.66. The van der Waals surface area contributed by atoms with Crippen LogP contribution in [0.25, 0.3) is 0 Å². The number of aryl methyl sites for hydroxylation is 1. The van der Waals surface area contributed by atoms with Crippen molar-refractivity contribution >= 4 is 17.5 Å². The van der Waals surface area contributed by atoms with Crippen molar-refractivity contribution in [2.45, 2.75) is 13.5 Å². The molecule has 4 N–H and O–H groups in total. The number of nitrogens with one attached hydrogen (secondary N) is 1. The molecule has 0 radical (unpaired) electrons. The lowest BCUT2D eigenvalue weighted by Gasteiger charge is -2.09. The summed E-state index contributed by atoms with van der Waals surface area (Å²) in [6.45, 7) is 2.44. The van der Waals surface area contributed by atoms with Crippen LogP contribution in [0.2, 0.25) is 0 Å². The van der Waals surface area contributed by atoms with Crippen molar-refractivity contribution in [1.82, 2.24) is 4.98 Å². The van der Waals surface area contributed by atoms with E-state index in [2.05, 4.69) is 10.3 Å². The number of nitrogens with two attached hydrogens (primary N) is 1. The molecule has 2 aromatic rings. The van der Waals surface area contributed by atoms with Gasteiger partial charge in [0, 0.05) is 12.2 Å². The number of hydrogen-bond donors (Lipinski definition) is 3. The summed E-state index contributed by atoms with van der Waals surface area (Å²) in [4.78, 5) is 15.0. The van der Waals surface area contributed by atoms with E-state index in [0.717, 1.165) is 11.3 Å². The second-order valence-corrected chi connectivity index (χ2v) is 4.25. The molecule has 5 heteroatoms. The molecule has 0 saturated carbocycles. The molecule has 0 atom stereocenters. The maximum absolute atomic E-state index is 10.7. The fourth-order valence-electron chi connectivity index (χ4n) is 1.66. The molecule has 1 heterocycles. The zero-order chi connectivity index (χ0) is 13.8. The first-order valence-electron chi connectivity index (χ1n) is 5.85. The number of carbonyl (C=O) groups is 1. The molecule has 0 aliphatic rings. The van der Waals surface area contributed by atoms with E-state index in [-0.39, 0.29) is 5.56 Å². The average Bonchev–Trinajstić information content (AvgIpc) is 2.40. The Morgan fingerprint density at radius 1 is 1.26 bits per heavy atom. The molecular weight excluding hydrogens is 242 g/mol. The summed E-state index contributed by atoms with van der Waals surface area (Å²) in [7, 11) is 0. The number of nitrogen functional groups attached to an aromatic ring is 1. The van der Waals surface area contributed by atoms with Crippen LogP contribution in [0.5, 0.6) is 0 Å². The molecule has 1 aromatic carbocycles. The zero-order valence-corrected chi connectivity index (χ0v) is 10.6. The number of anilines is 2. The van der Waals surface area contributed by atoms with Gasteiger partial charge in [0.25, 0.3) is 0 Å². The molecule has 98 valence electrons. The standard InChI is InChI=1S/C14H15N3O2/c1-9-2-7-12(15)13(17-9)16-8-10-3-5-11(6-4-10)14(18)19/h2-7H,8,15H2,1H3,(H,16,17)(H,18,19). The maximum Gasteiger partial charge on any atom is 0.335 e. The maximum atomic E-state index is 10.7. The molecule has 0 spiro atoms. The molecule has 19 heavy (non-hydrogen) atoms. The Bertz CT molecular complexity index is 594. The lowest BCUT2D eigenvalue weighted by atomic mass is 10.1. The van der Waals surface area contributed by atoms with Crippen molar-refractivity contribution in [1.29, 1.82) is 0 Å². The zero-order valence-electron chi connectivity index (χ0n) is 10.6. The fraction of sp³-hybridized carbons (Fsp3) is 0.143. The van der Waals surface area contributed by atoms with E-state index in [0.29, 0.717) is 18.1 Å². The number of rotatable bonds is 4. The van der Waals surface area contributed by atoms with E-state index in [1.165, 1.54) is 0 Å². The largest absolute Gasteiger partial charge is 0.478 e. The van der Waals surface area contributed by atoms with E-state index in [9.17, 15) is 4.79 Å². The highest BCUT2D eigenvalue weighted by atomic mass is 16.4. The highest BCUT2D eigenvalue weighted by molar-refractivity contribution is 5.87. The summed E-state index contributed by atoms with van der Waals surface area (Å²) in [5, 5.41) is 11.9. The lowest BCUT2D eigenvalue weighted by Crippen LogP contribution is -2.05. The Morgan fingerprint density at radius 3 is 2.58 bits per heavy atom. The average molecular weight is 257 g/mol. The molecule has 0 bridgehead atoms. The summed E-state index contributed by atoms with van der Waals surface area (Å²) < 4.78 is 0. The van der Waals surface area contributed by atoms with Crippen molar-refractivity contribution in [3.63, 3.8) is 0 Å². The normalized spacial score (nSPS) is 10.2. The van der Waals surface area contributed by atoms with E-state index in [4.69, 9.17) is 10.8 Å². The number of pyridine rings is 1. The third-order valence-corrected chi connectivity index (χ3v) is 2.73. The third-order valence-electron chi connectivity index (χ3n) is 2.73. The van der Waals surface area contributed by atoms with Gasteiger partial charge in [-0.2, -0.15) is 0 Å². The van der Waals surface area contributed by atoms with Gasteiger partial charge in [-0.05, 0) is 36.8 Å². The lowest BCUT2D eigenvalue weighted by molar-refractivity contribution is 0.0697. The molecule has 0 unspecified atom stereocenters. The Morgan fingerprint density at radius 2 is 1.95 bits per heavy atom. The van der Waals surface area contributed by atoms with Crippen molar-refractivity contribution in [2.75, 3.05) is 11.1 Å². The number of nitrogens with zero attached hydrogens (tertiary/aromatic N) is 1. The highest BCUT2D eigenvalue weighted by Crippen LogP contribution is 2.16. The molecule has 0 amide bonds. The van der Waals surface area contributed by atoms with Crippen molar-refractivity contribution in [3.05, 3.63) is 53.2 Å². The first-order valence-corrected chi connectivity index (χ1v) is 5.85. The number of aromatic carboxylic acids is 1. The minimum absolute atomic E-state index is 0.275. The number of carboxylic acids is 1. The summed E-state index contributed by atoms with van der Waals surface area (Å²) >= 11 is 0. The van der Waals surface area contributed by atoms with Gasteiger partial charge in [0.2, 0.25) is 0 Å². The highest BCUT2D eigenvalue weighted by Gasteiger charge is 2.03. The summed E-state index contributed by atoms with van der Waals surface area (Å²) in [6.07, 6.45) is 0. The van der Waals surface area contributed by atoms with Gasteiger partial charge in [0.05, 0.1) is 11.3 Å². The van der Waals surface area contributed by atoms with Gasteiger partial charge >= 0.3 is 5.97 Å².